The molecule has 0 aliphatic heterocycles. The van der Waals surface area contributed by atoms with Crippen molar-refractivity contribution in [3.05, 3.63) is 36.5 Å². The quantitative estimate of drug-likeness (QED) is 0.0586. The van der Waals surface area contributed by atoms with Crippen molar-refractivity contribution in [2.75, 3.05) is 6.61 Å². The van der Waals surface area contributed by atoms with Crippen LogP contribution in [0.5, 0.6) is 0 Å². The van der Waals surface area contributed by atoms with Crippen LogP contribution in [0.3, 0.4) is 0 Å². The van der Waals surface area contributed by atoms with Crippen molar-refractivity contribution in [1.29, 1.82) is 0 Å². The van der Waals surface area contributed by atoms with Gasteiger partial charge in [0, 0.05) is 0 Å². The van der Waals surface area contributed by atoms with Crippen LogP contribution in [0.25, 0.3) is 0 Å². The van der Waals surface area contributed by atoms with Gasteiger partial charge in [0.15, 0.2) is 0 Å². The molecule has 4 N–H and O–H groups in total. The third-order valence-corrected chi connectivity index (χ3v) is 7.16. The number of unbranched alkanes of at least 4 members (excludes halogenated alkanes) is 15. The van der Waals surface area contributed by atoms with Gasteiger partial charge in [-0.3, -0.25) is 4.79 Å². The molecule has 0 saturated carbocycles. The summed E-state index contributed by atoms with van der Waals surface area (Å²) in [4.78, 5) is 12.3. The number of nitrogens with one attached hydrogen (secondary N) is 1. The van der Waals surface area contributed by atoms with Crippen molar-refractivity contribution < 1.29 is 20.1 Å². The van der Waals surface area contributed by atoms with Gasteiger partial charge in [0.1, 0.15) is 0 Å². The maximum atomic E-state index is 12.3. The average Bonchev–Trinajstić information content (AvgIpc) is 2.92. The summed E-state index contributed by atoms with van der Waals surface area (Å²) in [6.07, 6.45) is 34.0. The lowest BCUT2D eigenvalue weighted by Crippen LogP contribution is -2.45. The first-order chi connectivity index (χ1) is 19.0. The topological polar surface area (TPSA) is 89.8 Å². The molecule has 0 heterocycles. The Morgan fingerprint density at radius 1 is 0.641 bits per heavy atom. The zero-order valence-corrected chi connectivity index (χ0v) is 25.5. The molecule has 1 amide bonds. The molecule has 0 spiro atoms. The highest BCUT2D eigenvalue weighted by Gasteiger charge is 2.20. The summed E-state index contributed by atoms with van der Waals surface area (Å²) in [7, 11) is 0. The first-order valence-electron chi connectivity index (χ1n) is 16.3. The van der Waals surface area contributed by atoms with Crippen LogP contribution in [0.2, 0.25) is 0 Å². The Morgan fingerprint density at radius 3 is 1.64 bits per heavy atom. The Kier molecular flexibility index (Phi) is 28.5. The van der Waals surface area contributed by atoms with Crippen LogP contribution < -0.4 is 5.32 Å². The minimum atomic E-state index is -0.954. The zero-order chi connectivity index (χ0) is 28.8. The second-order valence-corrected chi connectivity index (χ2v) is 11.1. The van der Waals surface area contributed by atoms with E-state index in [0.29, 0.717) is 6.42 Å². The van der Waals surface area contributed by atoms with Crippen molar-refractivity contribution in [2.24, 2.45) is 0 Å². The van der Waals surface area contributed by atoms with Gasteiger partial charge in [-0.2, -0.15) is 0 Å². The Bertz CT molecular complexity index is 616. The van der Waals surface area contributed by atoms with Crippen LogP contribution in [0.1, 0.15) is 149 Å². The minimum absolute atomic E-state index is 0.00318. The number of aliphatic hydroxyl groups is 3. The molecule has 0 fully saturated rings. The summed E-state index contributed by atoms with van der Waals surface area (Å²) >= 11 is 0. The van der Waals surface area contributed by atoms with Crippen molar-refractivity contribution in [1.82, 2.24) is 5.32 Å². The van der Waals surface area contributed by atoms with E-state index in [9.17, 15) is 20.1 Å². The lowest BCUT2D eigenvalue weighted by atomic mass is 10.0. The van der Waals surface area contributed by atoms with Gasteiger partial charge in [-0.25, -0.2) is 0 Å². The molecule has 3 atom stereocenters. The van der Waals surface area contributed by atoms with Crippen molar-refractivity contribution in [3.8, 4) is 0 Å². The fourth-order valence-corrected chi connectivity index (χ4v) is 4.60. The van der Waals surface area contributed by atoms with Crippen molar-refractivity contribution in [2.45, 2.75) is 167 Å². The Labute approximate surface area is 241 Å². The van der Waals surface area contributed by atoms with Gasteiger partial charge in [0.2, 0.25) is 5.91 Å². The molecule has 0 saturated heterocycles. The number of carbonyl (C=O) groups excluding carboxylic acids is 1. The zero-order valence-electron chi connectivity index (χ0n) is 25.5. The maximum absolute atomic E-state index is 12.3. The van der Waals surface area contributed by atoms with E-state index in [1.807, 2.05) is 6.08 Å². The molecular formula is C34H63NO4. The van der Waals surface area contributed by atoms with Gasteiger partial charge in [0.05, 0.1) is 31.3 Å². The summed E-state index contributed by atoms with van der Waals surface area (Å²) in [5.41, 5.74) is 0. The van der Waals surface area contributed by atoms with Gasteiger partial charge < -0.3 is 20.6 Å². The molecule has 228 valence electrons. The van der Waals surface area contributed by atoms with E-state index >= 15 is 0 Å². The second kappa shape index (κ2) is 29.6. The molecular weight excluding hydrogens is 486 g/mol. The molecule has 0 bridgehead atoms. The molecule has 0 radical (unpaired) electrons. The summed E-state index contributed by atoms with van der Waals surface area (Å²) < 4.78 is 0. The minimum Gasteiger partial charge on any atom is -0.394 e. The van der Waals surface area contributed by atoms with E-state index in [1.54, 1.807) is 6.08 Å². The Morgan fingerprint density at radius 2 is 1.10 bits per heavy atom. The Balaban J connectivity index is 3.89. The third-order valence-electron chi connectivity index (χ3n) is 7.16. The van der Waals surface area contributed by atoms with Crippen LogP contribution >= 0.6 is 0 Å². The fourth-order valence-electron chi connectivity index (χ4n) is 4.60. The molecule has 0 aliphatic carbocycles. The highest BCUT2D eigenvalue weighted by Crippen LogP contribution is 2.13. The largest absolute Gasteiger partial charge is 0.394 e. The molecule has 0 aromatic heterocycles. The van der Waals surface area contributed by atoms with Gasteiger partial charge >= 0.3 is 0 Å². The van der Waals surface area contributed by atoms with E-state index in [-0.39, 0.29) is 18.9 Å². The van der Waals surface area contributed by atoms with Crippen LogP contribution in [-0.2, 0) is 4.79 Å². The van der Waals surface area contributed by atoms with E-state index in [4.69, 9.17) is 0 Å². The van der Waals surface area contributed by atoms with Crippen LogP contribution in [0, 0.1) is 0 Å². The number of hydrogen-bond acceptors (Lipinski definition) is 4. The molecule has 0 aromatic rings. The summed E-state index contributed by atoms with van der Waals surface area (Å²) in [6, 6.07) is -0.762. The lowest BCUT2D eigenvalue weighted by molar-refractivity contribution is -0.124. The highest BCUT2D eigenvalue weighted by molar-refractivity contribution is 5.76. The molecule has 5 nitrogen and oxygen atoms in total. The van der Waals surface area contributed by atoms with Gasteiger partial charge in [-0.05, 0) is 44.9 Å². The number of allylic oxidation sites excluding steroid dienone is 5. The number of hydrogen-bond donors (Lipinski definition) is 4. The van der Waals surface area contributed by atoms with Crippen LogP contribution in [-0.4, -0.2) is 46.1 Å². The standard InChI is InChI=1S/C34H63NO4/c1-3-5-7-9-11-13-15-16-17-18-20-22-24-26-28-33(38)32(30-36)35-34(39)29-31(37)27-25-23-21-19-14-12-10-8-6-4-2/h13,15,18,20,26,28,31-33,36-38H,3-12,14,16-17,19,21-25,27,29-30H2,1-2H3,(H,35,39)/b15-13+,20-18+,28-26+. The van der Waals surface area contributed by atoms with E-state index < -0.39 is 18.2 Å². The number of rotatable bonds is 28. The third kappa shape index (κ3) is 26.6. The van der Waals surface area contributed by atoms with E-state index in [2.05, 4.69) is 43.5 Å². The van der Waals surface area contributed by atoms with Crippen LogP contribution in [0.4, 0.5) is 0 Å². The number of carbonyl (C=O) groups is 1. The fraction of sp³-hybridized carbons (Fsp3) is 0.794. The Hall–Kier alpha value is -1.43. The smallest absolute Gasteiger partial charge is 0.222 e. The summed E-state index contributed by atoms with van der Waals surface area (Å²) in [6.45, 7) is 4.13. The monoisotopic (exact) mass is 549 g/mol. The van der Waals surface area contributed by atoms with Crippen molar-refractivity contribution in [3.63, 3.8) is 0 Å². The van der Waals surface area contributed by atoms with E-state index in [1.165, 1.54) is 83.5 Å². The predicted molar refractivity (Wildman–Crippen MR) is 167 cm³/mol. The van der Waals surface area contributed by atoms with Gasteiger partial charge in [-0.1, -0.05) is 134 Å². The number of aliphatic hydroxyl groups excluding tert-OH is 3. The normalized spacial score (nSPS) is 14.5. The summed E-state index contributed by atoms with van der Waals surface area (Å²) in [5, 5.41) is 32.8. The molecule has 39 heavy (non-hydrogen) atoms. The maximum Gasteiger partial charge on any atom is 0.222 e. The van der Waals surface area contributed by atoms with Crippen LogP contribution in [0.15, 0.2) is 36.5 Å². The molecule has 5 heteroatoms. The summed E-state index contributed by atoms with van der Waals surface area (Å²) in [5.74, 6) is -0.334. The predicted octanol–water partition coefficient (Wildman–Crippen LogP) is 8.09. The van der Waals surface area contributed by atoms with Crippen molar-refractivity contribution >= 4 is 5.91 Å². The van der Waals surface area contributed by atoms with E-state index in [0.717, 1.165) is 38.5 Å². The van der Waals surface area contributed by atoms with Gasteiger partial charge in [0.25, 0.3) is 0 Å². The molecule has 3 unspecified atom stereocenters. The first kappa shape index (κ1) is 37.6. The average molecular weight is 550 g/mol. The lowest BCUT2D eigenvalue weighted by Gasteiger charge is -2.21. The molecule has 0 rings (SSSR count). The second-order valence-electron chi connectivity index (χ2n) is 11.1. The highest BCUT2D eigenvalue weighted by atomic mass is 16.3. The first-order valence-corrected chi connectivity index (χ1v) is 16.3. The van der Waals surface area contributed by atoms with Gasteiger partial charge in [-0.15, -0.1) is 0 Å². The molecule has 0 aromatic carbocycles. The molecule has 0 aliphatic rings. The SMILES string of the molecule is CCCCCC/C=C/CC/C=C/CC/C=C/C(O)C(CO)NC(=O)CC(O)CCCCCCCCCCCC. The number of amides is 1.